The second-order valence-corrected chi connectivity index (χ2v) is 10.4. The lowest BCUT2D eigenvalue weighted by Crippen LogP contribution is -2.41. The molecule has 1 aromatic carbocycles. The molecule has 3 aromatic rings. The average Bonchev–Trinajstić information content (AvgIpc) is 3.52. The predicted molar refractivity (Wildman–Crippen MR) is 143 cm³/mol. The quantitative estimate of drug-likeness (QED) is 0.527. The monoisotopic (exact) mass is 518 g/mol. The number of aromatic nitrogens is 4. The number of nitrogens with zero attached hydrogens (tertiary/aromatic N) is 5. The van der Waals surface area contributed by atoms with Crippen molar-refractivity contribution < 1.29 is 14.3 Å². The van der Waals surface area contributed by atoms with E-state index in [1.54, 1.807) is 10.8 Å². The molecule has 2 aromatic heterocycles. The molecule has 6 rings (SSSR count). The molecule has 0 atom stereocenters. The number of anilines is 1. The number of imidazole rings is 1. The maximum absolute atomic E-state index is 13.7. The summed E-state index contributed by atoms with van der Waals surface area (Å²) < 4.78 is 14.3. The van der Waals surface area contributed by atoms with E-state index in [-0.39, 0.29) is 29.9 Å². The Hall–Kier alpha value is -3.66. The van der Waals surface area contributed by atoms with Crippen LogP contribution in [-0.4, -0.2) is 68.5 Å². The molecular formula is C28H34N6O4. The molecule has 200 valence electrons. The highest BCUT2D eigenvalue weighted by Crippen LogP contribution is 2.29. The zero-order chi connectivity index (χ0) is 26.1. The van der Waals surface area contributed by atoms with Gasteiger partial charge in [-0.2, -0.15) is 0 Å². The van der Waals surface area contributed by atoms with Gasteiger partial charge in [0.05, 0.1) is 23.6 Å². The van der Waals surface area contributed by atoms with Gasteiger partial charge in [-0.25, -0.2) is 19.6 Å². The van der Waals surface area contributed by atoms with E-state index in [4.69, 9.17) is 14.5 Å². The fourth-order valence-electron chi connectivity index (χ4n) is 5.91. The Morgan fingerprint density at radius 1 is 0.974 bits per heavy atom. The van der Waals surface area contributed by atoms with Crippen molar-refractivity contribution in [2.24, 2.45) is 0 Å². The normalized spacial score (nSPS) is 22.4. The van der Waals surface area contributed by atoms with Crippen molar-refractivity contribution >= 4 is 12.0 Å². The van der Waals surface area contributed by atoms with Gasteiger partial charge in [0.25, 0.3) is 0 Å². The lowest BCUT2D eigenvalue weighted by atomic mass is 9.90. The smallest absolute Gasteiger partial charge is 0.410 e. The fraction of sp³-hybridized carbons (Fsp3) is 0.500. The van der Waals surface area contributed by atoms with Crippen molar-refractivity contribution in [3.05, 3.63) is 58.8 Å². The Kier molecular flexibility index (Phi) is 6.88. The molecule has 2 aliphatic heterocycles. The SMILES string of the molecule is Cc1cccc(-n2c(-c3ccnc(NC4CCC(N5CCOC5=O)CC4)n3)cn(C3CCOCC3)c2=O)c1. The molecule has 4 heterocycles. The summed E-state index contributed by atoms with van der Waals surface area (Å²) in [6.07, 6.45) is 8.81. The third-order valence-electron chi connectivity index (χ3n) is 7.94. The van der Waals surface area contributed by atoms with E-state index in [9.17, 15) is 9.59 Å². The predicted octanol–water partition coefficient (Wildman–Crippen LogP) is 3.93. The second kappa shape index (κ2) is 10.6. The van der Waals surface area contributed by atoms with Crippen LogP contribution in [0.4, 0.5) is 10.7 Å². The van der Waals surface area contributed by atoms with Gasteiger partial charge < -0.3 is 19.7 Å². The molecule has 1 saturated carbocycles. The van der Waals surface area contributed by atoms with Gasteiger partial charge >= 0.3 is 11.8 Å². The molecule has 1 N–H and O–H groups in total. The van der Waals surface area contributed by atoms with E-state index >= 15 is 0 Å². The maximum atomic E-state index is 13.7. The first-order chi connectivity index (χ1) is 18.6. The van der Waals surface area contributed by atoms with Crippen molar-refractivity contribution in [1.82, 2.24) is 24.0 Å². The Morgan fingerprint density at radius 2 is 1.79 bits per heavy atom. The van der Waals surface area contributed by atoms with Crippen molar-refractivity contribution in [1.29, 1.82) is 0 Å². The summed E-state index contributed by atoms with van der Waals surface area (Å²) in [4.78, 5) is 36.9. The molecule has 2 saturated heterocycles. The minimum absolute atomic E-state index is 0.0654. The number of carbonyl (C=O) groups is 1. The largest absolute Gasteiger partial charge is 0.448 e. The topological polar surface area (TPSA) is 104 Å². The molecule has 10 heteroatoms. The van der Waals surface area contributed by atoms with Crippen molar-refractivity contribution in [2.45, 2.75) is 63.6 Å². The number of aryl methyl sites for hydroxylation is 1. The summed E-state index contributed by atoms with van der Waals surface area (Å²) in [5.41, 5.74) is 3.28. The minimum atomic E-state index is -0.190. The molecule has 3 aliphatic rings. The number of hydrogen-bond donors (Lipinski definition) is 1. The van der Waals surface area contributed by atoms with Gasteiger partial charge in [-0.15, -0.1) is 0 Å². The molecule has 0 bridgehead atoms. The van der Waals surface area contributed by atoms with E-state index in [2.05, 4.69) is 10.3 Å². The summed E-state index contributed by atoms with van der Waals surface area (Å²) >= 11 is 0. The molecule has 1 aliphatic carbocycles. The molecule has 0 radical (unpaired) electrons. The van der Waals surface area contributed by atoms with Gasteiger partial charge in [0.2, 0.25) is 5.95 Å². The molecule has 1 amide bonds. The summed E-state index contributed by atoms with van der Waals surface area (Å²) in [5.74, 6) is 0.550. The number of carbonyl (C=O) groups excluding carboxylic acids is 1. The van der Waals surface area contributed by atoms with E-state index < -0.39 is 0 Å². The van der Waals surface area contributed by atoms with Crippen LogP contribution in [0.1, 0.15) is 50.1 Å². The molecule has 0 unspecified atom stereocenters. The van der Waals surface area contributed by atoms with E-state index in [1.165, 1.54) is 0 Å². The molecule has 10 nitrogen and oxygen atoms in total. The van der Waals surface area contributed by atoms with Gasteiger partial charge in [-0.1, -0.05) is 12.1 Å². The van der Waals surface area contributed by atoms with Gasteiger partial charge in [0.15, 0.2) is 0 Å². The molecule has 0 spiro atoms. The first kappa shape index (κ1) is 24.7. The Morgan fingerprint density at radius 3 is 2.53 bits per heavy atom. The highest BCUT2D eigenvalue weighted by Gasteiger charge is 2.33. The van der Waals surface area contributed by atoms with Crippen molar-refractivity contribution in [3.63, 3.8) is 0 Å². The number of nitrogens with one attached hydrogen (secondary N) is 1. The van der Waals surface area contributed by atoms with E-state index in [0.717, 1.165) is 55.5 Å². The second-order valence-electron chi connectivity index (χ2n) is 10.4. The lowest BCUT2D eigenvalue weighted by Gasteiger charge is -2.33. The third-order valence-corrected chi connectivity index (χ3v) is 7.94. The maximum Gasteiger partial charge on any atom is 0.410 e. The minimum Gasteiger partial charge on any atom is -0.448 e. The number of amides is 1. The van der Waals surface area contributed by atoms with Crippen LogP contribution in [0.25, 0.3) is 17.1 Å². The first-order valence-electron chi connectivity index (χ1n) is 13.6. The first-order valence-corrected chi connectivity index (χ1v) is 13.6. The van der Waals surface area contributed by atoms with Crippen LogP contribution < -0.4 is 11.0 Å². The summed E-state index contributed by atoms with van der Waals surface area (Å²) in [5, 5.41) is 3.50. The Labute approximate surface area is 221 Å². The zero-order valence-corrected chi connectivity index (χ0v) is 21.7. The van der Waals surface area contributed by atoms with Gasteiger partial charge in [0.1, 0.15) is 6.61 Å². The van der Waals surface area contributed by atoms with Crippen molar-refractivity contribution in [3.8, 4) is 17.1 Å². The summed E-state index contributed by atoms with van der Waals surface area (Å²) in [6.45, 7) is 4.51. The van der Waals surface area contributed by atoms with Crippen LogP contribution in [0, 0.1) is 6.92 Å². The molecule has 3 fully saturated rings. The fourth-order valence-corrected chi connectivity index (χ4v) is 5.91. The Bertz CT molecular complexity index is 1350. The van der Waals surface area contributed by atoms with Crippen LogP contribution in [0.2, 0.25) is 0 Å². The van der Waals surface area contributed by atoms with Gasteiger partial charge in [-0.05, 0) is 69.2 Å². The zero-order valence-electron chi connectivity index (χ0n) is 21.7. The van der Waals surface area contributed by atoms with Gasteiger partial charge in [0, 0.05) is 43.7 Å². The van der Waals surface area contributed by atoms with E-state index in [0.29, 0.717) is 38.0 Å². The van der Waals surface area contributed by atoms with Crippen LogP contribution in [0.15, 0.2) is 47.5 Å². The number of benzene rings is 1. The standard InChI is InChI=1S/C28H34N6O4/c1-19-3-2-4-23(17-19)34-25(18-33(27(34)35)22-10-14-37-15-11-22)24-9-12-29-26(31-24)30-20-5-7-21(8-6-20)32-13-16-38-28(32)36/h2-4,9,12,17-18,20-22H,5-8,10-11,13-16H2,1H3,(H,29,30,31). The highest BCUT2D eigenvalue weighted by atomic mass is 16.6. The van der Waals surface area contributed by atoms with Gasteiger partial charge in [-0.3, -0.25) is 9.13 Å². The Balaban J connectivity index is 1.26. The average molecular weight is 519 g/mol. The van der Waals surface area contributed by atoms with Crippen LogP contribution in [0.5, 0.6) is 0 Å². The molecular weight excluding hydrogens is 484 g/mol. The van der Waals surface area contributed by atoms with E-state index in [1.807, 2.05) is 52.9 Å². The third kappa shape index (κ3) is 4.92. The van der Waals surface area contributed by atoms with Crippen LogP contribution in [0.3, 0.4) is 0 Å². The highest BCUT2D eigenvalue weighted by molar-refractivity contribution is 5.69. The number of rotatable bonds is 6. The van der Waals surface area contributed by atoms with Crippen LogP contribution in [-0.2, 0) is 9.47 Å². The van der Waals surface area contributed by atoms with Crippen molar-refractivity contribution in [2.75, 3.05) is 31.7 Å². The number of hydrogen-bond acceptors (Lipinski definition) is 7. The number of ether oxygens (including phenoxy) is 2. The lowest BCUT2D eigenvalue weighted by molar-refractivity contribution is 0.0686. The van der Waals surface area contributed by atoms with Crippen LogP contribution >= 0.6 is 0 Å². The summed E-state index contributed by atoms with van der Waals surface area (Å²) in [6, 6.07) is 10.4. The summed E-state index contributed by atoms with van der Waals surface area (Å²) in [7, 11) is 0. The molecule has 38 heavy (non-hydrogen) atoms. The number of cyclic esters (lactones) is 1.